The van der Waals surface area contributed by atoms with Crippen LogP contribution in [0.5, 0.6) is 5.75 Å². The Hall–Kier alpha value is -1.75. The van der Waals surface area contributed by atoms with Crippen LogP contribution in [-0.4, -0.2) is 31.0 Å². The first-order chi connectivity index (χ1) is 10.1. The minimum atomic E-state index is -0.232. The van der Waals surface area contributed by atoms with E-state index in [0.29, 0.717) is 42.3 Å². The van der Waals surface area contributed by atoms with Gasteiger partial charge >= 0.3 is 0 Å². The number of ether oxygens (including phenoxy) is 1. The minimum Gasteiger partial charge on any atom is -0.493 e. The number of hydrogen-bond donors (Lipinski definition) is 2. The van der Waals surface area contributed by atoms with Crippen molar-refractivity contribution in [3.8, 4) is 5.75 Å². The molecular weight excluding hydrogens is 292 g/mol. The van der Waals surface area contributed by atoms with E-state index in [2.05, 4.69) is 10.6 Å². The third-order valence-electron chi connectivity index (χ3n) is 3.25. The van der Waals surface area contributed by atoms with Crippen molar-refractivity contribution >= 4 is 23.4 Å². The van der Waals surface area contributed by atoms with Gasteiger partial charge in [-0.3, -0.25) is 9.59 Å². The number of carbonyl (C=O) groups excluding carboxylic acids is 2. The number of rotatable bonds is 5. The van der Waals surface area contributed by atoms with Crippen LogP contribution in [-0.2, 0) is 4.79 Å². The zero-order valence-electron chi connectivity index (χ0n) is 11.9. The molecule has 21 heavy (non-hydrogen) atoms. The van der Waals surface area contributed by atoms with Crippen molar-refractivity contribution in [2.45, 2.75) is 32.2 Å². The van der Waals surface area contributed by atoms with Gasteiger partial charge < -0.3 is 15.4 Å². The van der Waals surface area contributed by atoms with Gasteiger partial charge in [0.05, 0.1) is 12.2 Å². The van der Waals surface area contributed by atoms with Crippen molar-refractivity contribution in [3.63, 3.8) is 0 Å². The van der Waals surface area contributed by atoms with Gasteiger partial charge in [0.15, 0.2) is 0 Å². The zero-order valence-corrected chi connectivity index (χ0v) is 12.7. The van der Waals surface area contributed by atoms with Gasteiger partial charge in [0, 0.05) is 24.0 Å². The van der Waals surface area contributed by atoms with Crippen LogP contribution in [0, 0.1) is 0 Å². The molecule has 2 N–H and O–H groups in total. The summed E-state index contributed by atoms with van der Waals surface area (Å²) in [7, 11) is 0. The van der Waals surface area contributed by atoms with Gasteiger partial charge in [-0.15, -0.1) is 0 Å². The summed E-state index contributed by atoms with van der Waals surface area (Å²) in [5.74, 6) is 0.318. The lowest BCUT2D eigenvalue weighted by Gasteiger charge is -2.24. The average Bonchev–Trinajstić information content (AvgIpc) is 2.48. The molecule has 1 atom stereocenters. The maximum atomic E-state index is 12.4. The number of nitrogens with one attached hydrogen (secondary N) is 2. The molecule has 0 spiro atoms. The standard InChI is InChI=1S/C15H19ClN2O3/c1-2-7-21-13-5-3-10(16)8-12(13)15(20)18-11-4-6-14(19)17-9-11/h3,5,8,11H,2,4,6-7,9H2,1H3,(H,17,19)(H,18,20). The Balaban J connectivity index is 2.06. The summed E-state index contributed by atoms with van der Waals surface area (Å²) in [5, 5.41) is 6.13. The Labute approximate surface area is 129 Å². The second-order valence-corrected chi connectivity index (χ2v) is 5.44. The van der Waals surface area contributed by atoms with Crippen LogP contribution in [0.25, 0.3) is 0 Å². The second-order valence-electron chi connectivity index (χ2n) is 5.00. The summed E-state index contributed by atoms with van der Waals surface area (Å²) in [6.45, 7) is 3.00. The van der Waals surface area contributed by atoms with E-state index >= 15 is 0 Å². The van der Waals surface area contributed by atoms with Crippen LogP contribution in [0.2, 0.25) is 5.02 Å². The molecule has 114 valence electrons. The van der Waals surface area contributed by atoms with Crippen LogP contribution in [0.3, 0.4) is 0 Å². The summed E-state index contributed by atoms with van der Waals surface area (Å²) in [4.78, 5) is 23.5. The van der Waals surface area contributed by atoms with Crippen molar-refractivity contribution in [1.29, 1.82) is 0 Å². The molecule has 1 aromatic carbocycles. The average molecular weight is 311 g/mol. The molecule has 1 heterocycles. The Bertz CT molecular complexity index is 524. The lowest BCUT2D eigenvalue weighted by molar-refractivity contribution is -0.122. The Kier molecular flexibility index (Phi) is 5.44. The quantitative estimate of drug-likeness (QED) is 0.875. The smallest absolute Gasteiger partial charge is 0.255 e. The zero-order chi connectivity index (χ0) is 15.2. The van der Waals surface area contributed by atoms with Gasteiger partial charge in [0.25, 0.3) is 5.91 Å². The fourth-order valence-corrected chi connectivity index (χ4v) is 2.31. The van der Waals surface area contributed by atoms with Gasteiger partial charge in [-0.05, 0) is 31.0 Å². The molecule has 1 aliphatic heterocycles. The molecule has 0 aliphatic carbocycles. The fraction of sp³-hybridized carbons (Fsp3) is 0.467. The van der Waals surface area contributed by atoms with Gasteiger partial charge in [-0.25, -0.2) is 0 Å². The van der Waals surface area contributed by atoms with Crippen LogP contribution in [0.1, 0.15) is 36.5 Å². The molecule has 0 aromatic heterocycles. The Morgan fingerprint density at radius 1 is 1.52 bits per heavy atom. The summed E-state index contributed by atoms with van der Waals surface area (Å²) in [5.41, 5.74) is 0.424. The van der Waals surface area contributed by atoms with E-state index in [4.69, 9.17) is 16.3 Å². The Morgan fingerprint density at radius 2 is 2.33 bits per heavy atom. The molecule has 1 unspecified atom stereocenters. The largest absolute Gasteiger partial charge is 0.493 e. The molecular formula is C15H19ClN2O3. The molecule has 1 saturated heterocycles. The van der Waals surface area contributed by atoms with Crippen molar-refractivity contribution in [2.75, 3.05) is 13.2 Å². The monoisotopic (exact) mass is 310 g/mol. The maximum Gasteiger partial charge on any atom is 0.255 e. The maximum absolute atomic E-state index is 12.4. The summed E-state index contributed by atoms with van der Waals surface area (Å²) in [6.07, 6.45) is 1.93. The first-order valence-corrected chi connectivity index (χ1v) is 7.48. The number of carbonyl (C=O) groups is 2. The van der Waals surface area contributed by atoms with E-state index < -0.39 is 0 Å². The SMILES string of the molecule is CCCOc1ccc(Cl)cc1C(=O)NC1CCC(=O)NC1. The molecule has 1 aliphatic rings. The molecule has 5 nitrogen and oxygen atoms in total. The van der Waals surface area contributed by atoms with Gasteiger partial charge in [0.1, 0.15) is 5.75 Å². The Morgan fingerprint density at radius 3 is 3.00 bits per heavy atom. The van der Waals surface area contributed by atoms with Crippen molar-refractivity contribution in [3.05, 3.63) is 28.8 Å². The molecule has 1 aromatic rings. The summed E-state index contributed by atoms with van der Waals surface area (Å²) in [6, 6.07) is 4.94. The van der Waals surface area contributed by atoms with Crippen LogP contribution in [0.4, 0.5) is 0 Å². The summed E-state index contributed by atoms with van der Waals surface area (Å²) >= 11 is 5.96. The lowest BCUT2D eigenvalue weighted by Crippen LogP contribution is -2.47. The van der Waals surface area contributed by atoms with E-state index in [1.54, 1.807) is 18.2 Å². The van der Waals surface area contributed by atoms with Crippen molar-refractivity contribution < 1.29 is 14.3 Å². The highest BCUT2D eigenvalue weighted by molar-refractivity contribution is 6.31. The van der Waals surface area contributed by atoms with E-state index in [0.717, 1.165) is 6.42 Å². The number of hydrogen-bond acceptors (Lipinski definition) is 3. The molecule has 0 saturated carbocycles. The van der Waals surface area contributed by atoms with Crippen LogP contribution in [0.15, 0.2) is 18.2 Å². The third-order valence-corrected chi connectivity index (χ3v) is 3.48. The number of benzene rings is 1. The highest BCUT2D eigenvalue weighted by atomic mass is 35.5. The first kappa shape index (κ1) is 15.6. The van der Waals surface area contributed by atoms with E-state index in [1.807, 2.05) is 6.92 Å². The number of piperidine rings is 1. The molecule has 6 heteroatoms. The fourth-order valence-electron chi connectivity index (χ4n) is 2.14. The molecule has 1 fully saturated rings. The molecule has 0 bridgehead atoms. The highest BCUT2D eigenvalue weighted by Gasteiger charge is 2.22. The summed E-state index contributed by atoms with van der Waals surface area (Å²) < 4.78 is 5.58. The van der Waals surface area contributed by atoms with E-state index in [-0.39, 0.29) is 17.9 Å². The second kappa shape index (κ2) is 7.31. The lowest BCUT2D eigenvalue weighted by atomic mass is 10.1. The van der Waals surface area contributed by atoms with E-state index in [1.165, 1.54) is 0 Å². The first-order valence-electron chi connectivity index (χ1n) is 7.10. The molecule has 2 rings (SSSR count). The van der Waals surface area contributed by atoms with Crippen LogP contribution < -0.4 is 15.4 Å². The van der Waals surface area contributed by atoms with E-state index in [9.17, 15) is 9.59 Å². The van der Waals surface area contributed by atoms with Crippen LogP contribution >= 0.6 is 11.6 Å². The predicted octanol–water partition coefficient (Wildman–Crippen LogP) is 2.14. The number of halogens is 1. The molecule has 2 amide bonds. The normalized spacial score (nSPS) is 18.0. The van der Waals surface area contributed by atoms with Gasteiger partial charge in [-0.2, -0.15) is 0 Å². The highest BCUT2D eigenvalue weighted by Crippen LogP contribution is 2.23. The van der Waals surface area contributed by atoms with Gasteiger partial charge in [0.2, 0.25) is 5.91 Å². The minimum absolute atomic E-state index is 0.0234. The van der Waals surface area contributed by atoms with Crippen molar-refractivity contribution in [2.24, 2.45) is 0 Å². The van der Waals surface area contributed by atoms with Gasteiger partial charge in [-0.1, -0.05) is 18.5 Å². The number of amides is 2. The molecule has 0 radical (unpaired) electrons. The van der Waals surface area contributed by atoms with Crippen molar-refractivity contribution in [1.82, 2.24) is 10.6 Å². The predicted molar refractivity (Wildman–Crippen MR) is 80.7 cm³/mol. The topological polar surface area (TPSA) is 67.4 Å². The third kappa shape index (κ3) is 4.36.